The monoisotopic (exact) mass is 525 g/mol. The molecule has 192 valence electrons. The summed E-state index contributed by atoms with van der Waals surface area (Å²) in [4.78, 5) is 21.6. The molecule has 38 heavy (non-hydrogen) atoms. The fraction of sp³-hybridized carbons (Fsp3) is 0.226. The zero-order chi connectivity index (χ0) is 26.4. The number of nitrogens with zero attached hydrogens (tertiary/aromatic N) is 3. The summed E-state index contributed by atoms with van der Waals surface area (Å²) in [6, 6.07) is 19.8. The lowest BCUT2D eigenvalue weighted by Gasteiger charge is -2.30. The number of rotatable bonds is 5. The van der Waals surface area contributed by atoms with Gasteiger partial charge in [0.15, 0.2) is 4.80 Å². The van der Waals surface area contributed by atoms with Crippen LogP contribution in [0.4, 0.5) is 10.1 Å². The van der Waals surface area contributed by atoms with Gasteiger partial charge < -0.3 is 10.0 Å². The van der Waals surface area contributed by atoms with Crippen molar-refractivity contribution in [1.82, 2.24) is 4.57 Å². The van der Waals surface area contributed by atoms with E-state index in [4.69, 9.17) is 4.99 Å². The zero-order valence-corrected chi connectivity index (χ0v) is 22.1. The highest BCUT2D eigenvalue weighted by Crippen LogP contribution is 2.41. The molecule has 1 atom stereocenters. The van der Waals surface area contributed by atoms with Gasteiger partial charge in [0.2, 0.25) is 0 Å². The molecule has 4 aromatic rings. The van der Waals surface area contributed by atoms with Gasteiger partial charge >= 0.3 is 0 Å². The standard InChI is InChI=1S/C31H28FN3O2S/c1-3-34(4-2)23-15-11-21(26(36)18-23)17-27-30(37)35-29(20-9-13-22(32)14-10-20)25-16-12-19-7-5-6-8-24(19)28(25)33-31(35)38-27/h5-11,13-15,17-18,29,36H,3-4,12,16H2,1-2H3/b27-17-/t29-/m1/s1. The molecule has 1 aromatic heterocycles. The molecule has 2 heterocycles. The van der Waals surface area contributed by atoms with Crippen LogP contribution in [0.2, 0.25) is 0 Å². The molecule has 5 nitrogen and oxygen atoms in total. The Hall–Kier alpha value is -3.97. The van der Waals surface area contributed by atoms with E-state index in [1.807, 2.05) is 24.3 Å². The van der Waals surface area contributed by atoms with Gasteiger partial charge in [-0.2, -0.15) is 0 Å². The van der Waals surface area contributed by atoms with Crippen molar-refractivity contribution >= 4 is 28.8 Å². The van der Waals surface area contributed by atoms with Crippen LogP contribution in [0, 0.1) is 5.82 Å². The van der Waals surface area contributed by atoms with E-state index in [1.165, 1.54) is 29.0 Å². The molecule has 1 aliphatic carbocycles. The highest BCUT2D eigenvalue weighted by molar-refractivity contribution is 7.07. The fourth-order valence-electron chi connectivity index (χ4n) is 5.55. The lowest BCUT2D eigenvalue weighted by molar-refractivity contribution is 0.474. The number of aryl methyl sites for hydroxylation is 1. The summed E-state index contributed by atoms with van der Waals surface area (Å²) in [5.41, 5.74) is 6.51. The fourth-order valence-corrected chi connectivity index (χ4v) is 6.54. The molecule has 0 saturated heterocycles. The predicted octanol–water partition coefficient (Wildman–Crippen LogP) is 5.01. The minimum absolute atomic E-state index is 0.128. The Kier molecular flexibility index (Phi) is 6.24. The normalized spacial score (nSPS) is 16.5. The topological polar surface area (TPSA) is 57.8 Å². The van der Waals surface area contributed by atoms with E-state index in [9.17, 15) is 14.3 Å². The average Bonchev–Trinajstić information content (AvgIpc) is 3.24. The molecule has 0 saturated carbocycles. The molecule has 0 radical (unpaired) electrons. The van der Waals surface area contributed by atoms with Crippen LogP contribution in [0.15, 0.2) is 82.1 Å². The van der Waals surface area contributed by atoms with Crippen LogP contribution in [0.3, 0.4) is 0 Å². The Morgan fingerprint density at radius 2 is 1.84 bits per heavy atom. The minimum Gasteiger partial charge on any atom is -0.507 e. The van der Waals surface area contributed by atoms with E-state index in [2.05, 4.69) is 30.9 Å². The van der Waals surface area contributed by atoms with Crippen molar-refractivity contribution in [2.24, 2.45) is 4.99 Å². The predicted molar refractivity (Wildman–Crippen MR) is 151 cm³/mol. The number of allylic oxidation sites excluding steroid dienone is 1. The van der Waals surface area contributed by atoms with Gasteiger partial charge in [-0.05, 0) is 73.7 Å². The highest BCUT2D eigenvalue weighted by atomic mass is 32.1. The maximum absolute atomic E-state index is 13.9. The summed E-state index contributed by atoms with van der Waals surface area (Å²) in [5.74, 6) is -0.184. The Morgan fingerprint density at radius 1 is 1.08 bits per heavy atom. The van der Waals surface area contributed by atoms with Gasteiger partial charge in [0.25, 0.3) is 5.56 Å². The SMILES string of the molecule is CCN(CC)c1ccc(/C=c2\sc3n(c2=O)[C@H](c2ccc(F)cc2)C2=C(N=3)c3ccccc3CC2)c(O)c1. The molecule has 0 amide bonds. The van der Waals surface area contributed by atoms with Crippen LogP contribution >= 0.6 is 11.3 Å². The number of hydrogen-bond donors (Lipinski definition) is 1. The molecular weight excluding hydrogens is 497 g/mol. The van der Waals surface area contributed by atoms with Crippen molar-refractivity contribution in [3.8, 4) is 5.75 Å². The number of phenolic OH excluding ortho intramolecular Hbond substituents is 1. The summed E-state index contributed by atoms with van der Waals surface area (Å²) in [5, 5.41) is 10.8. The smallest absolute Gasteiger partial charge is 0.271 e. The van der Waals surface area contributed by atoms with Crippen molar-refractivity contribution in [3.05, 3.63) is 120 Å². The Balaban J connectivity index is 1.54. The van der Waals surface area contributed by atoms with Crippen molar-refractivity contribution in [1.29, 1.82) is 0 Å². The second-order valence-corrected chi connectivity index (χ2v) is 10.6. The molecule has 0 bridgehead atoms. The van der Waals surface area contributed by atoms with Gasteiger partial charge in [0.1, 0.15) is 11.6 Å². The molecule has 0 fully saturated rings. The molecule has 1 aliphatic heterocycles. The lowest BCUT2D eigenvalue weighted by atomic mass is 9.83. The molecular formula is C31H28FN3O2S. The van der Waals surface area contributed by atoms with Crippen molar-refractivity contribution in [2.45, 2.75) is 32.7 Å². The molecule has 1 N–H and O–H groups in total. The van der Waals surface area contributed by atoms with Crippen molar-refractivity contribution in [2.75, 3.05) is 18.0 Å². The van der Waals surface area contributed by atoms with Crippen LogP contribution in [0.5, 0.6) is 5.75 Å². The first kappa shape index (κ1) is 24.4. The number of halogens is 1. The number of phenols is 1. The second kappa shape index (κ2) is 9.72. The Morgan fingerprint density at radius 3 is 2.58 bits per heavy atom. The summed E-state index contributed by atoms with van der Waals surface area (Å²) >= 11 is 1.32. The second-order valence-electron chi connectivity index (χ2n) is 9.58. The molecule has 2 aliphatic rings. The third-order valence-electron chi connectivity index (χ3n) is 7.49. The van der Waals surface area contributed by atoms with Gasteiger partial charge in [-0.25, -0.2) is 9.38 Å². The highest BCUT2D eigenvalue weighted by Gasteiger charge is 2.32. The number of benzene rings is 3. The van der Waals surface area contributed by atoms with Crippen molar-refractivity contribution in [3.63, 3.8) is 0 Å². The van der Waals surface area contributed by atoms with E-state index in [1.54, 1.807) is 28.8 Å². The summed E-state index contributed by atoms with van der Waals surface area (Å²) in [6.07, 6.45) is 3.37. The summed E-state index contributed by atoms with van der Waals surface area (Å²) in [7, 11) is 0. The number of anilines is 1. The van der Waals surface area contributed by atoms with Crippen LogP contribution in [0.1, 0.15) is 48.6 Å². The van der Waals surface area contributed by atoms with Crippen molar-refractivity contribution < 1.29 is 9.50 Å². The van der Waals surface area contributed by atoms with E-state index in [0.717, 1.165) is 54.0 Å². The third kappa shape index (κ3) is 4.07. The first-order valence-electron chi connectivity index (χ1n) is 12.9. The number of thiazole rings is 1. The largest absolute Gasteiger partial charge is 0.507 e. The Bertz CT molecular complexity index is 1750. The molecule has 6 rings (SSSR count). The quantitative estimate of drug-likeness (QED) is 0.399. The lowest BCUT2D eigenvalue weighted by Crippen LogP contribution is -2.38. The third-order valence-corrected chi connectivity index (χ3v) is 8.47. The van der Waals surface area contributed by atoms with E-state index < -0.39 is 0 Å². The molecule has 7 heteroatoms. The Labute approximate surface area is 224 Å². The van der Waals surface area contributed by atoms with E-state index in [-0.39, 0.29) is 23.2 Å². The van der Waals surface area contributed by atoms with Crippen LogP contribution < -0.4 is 19.8 Å². The van der Waals surface area contributed by atoms with Crippen LogP contribution in [0.25, 0.3) is 11.8 Å². The average molecular weight is 526 g/mol. The van der Waals surface area contributed by atoms with Gasteiger partial charge in [0, 0.05) is 36.0 Å². The maximum Gasteiger partial charge on any atom is 0.271 e. The van der Waals surface area contributed by atoms with Gasteiger partial charge in [-0.1, -0.05) is 47.7 Å². The van der Waals surface area contributed by atoms with E-state index >= 15 is 0 Å². The number of fused-ring (bicyclic) bond motifs is 3. The molecule has 0 spiro atoms. The van der Waals surface area contributed by atoms with Gasteiger partial charge in [-0.15, -0.1) is 0 Å². The molecule has 3 aromatic carbocycles. The number of hydrogen-bond acceptors (Lipinski definition) is 5. The first-order valence-corrected chi connectivity index (χ1v) is 13.8. The summed E-state index contributed by atoms with van der Waals surface area (Å²) in [6.45, 7) is 5.83. The van der Waals surface area contributed by atoms with Gasteiger partial charge in [-0.3, -0.25) is 9.36 Å². The molecule has 0 unspecified atom stereocenters. The number of aromatic hydroxyl groups is 1. The first-order chi connectivity index (χ1) is 18.5. The van der Waals surface area contributed by atoms with E-state index in [0.29, 0.717) is 14.9 Å². The van der Waals surface area contributed by atoms with Crippen LogP contribution in [-0.4, -0.2) is 22.8 Å². The van der Waals surface area contributed by atoms with Crippen LogP contribution in [-0.2, 0) is 6.42 Å². The van der Waals surface area contributed by atoms with Gasteiger partial charge in [0.05, 0.1) is 16.3 Å². The number of aromatic nitrogens is 1. The zero-order valence-electron chi connectivity index (χ0n) is 21.3. The maximum atomic E-state index is 13.9. The summed E-state index contributed by atoms with van der Waals surface area (Å²) < 4.78 is 16.1. The minimum atomic E-state index is -0.365.